The van der Waals surface area contributed by atoms with E-state index in [2.05, 4.69) is 23.6 Å². The average Bonchev–Trinajstić information content (AvgIpc) is 2.29. The fourth-order valence-electron chi connectivity index (χ4n) is 2.94. The van der Waals surface area contributed by atoms with E-state index < -0.39 is 6.17 Å². The minimum Gasteiger partial charge on any atom is -0.290 e. The quantitative estimate of drug-likeness (QED) is 0.709. The van der Waals surface area contributed by atoms with Gasteiger partial charge in [0.1, 0.15) is 12.3 Å². The Morgan fingerprint density at radius 2 is 1.94 bits per heavy atom. The zero-order valence-corrected chi connectivity index (χ0v) is 9.75. The summed E-state index contributed by atoms with van der Waals surface area (Å²) in [5.41, 5.74) is 0. The summed E-state index contributed by atoms with van der Waals surface area (Å²) in [6.07, 6.45) is 1.94. The smallest absolute Gasteiger partial charge is 0.147 e. The van der Waals surface area contributed by atoms with Crippen LogP contribution in [0.25, 0.3) is 0 Å². The lowest BCUT2D eigenvalue weighted by Crippen LogP contribution is -2.55. The molecule has 0 bridgehead atoms. The average molecular weight is 225 g/mol. The van der Waals surface area contributed by atoms with E-state index in [1.807, 2.05) is 0 Å². The molecular formula is C12H20FN3. The number of alkyl halides is 1. The van der Waals surface area contributed by atoms with Crippen molar-refractivity contribution in [3.05, 3.63) is 0 Å². The number of halogens is 1. The first kappa shape index (κ1) is 11.8. The molecule has 2 fully saturated rings. The van der Waals surface area contributed by atoms with Crippen molar-refractivity contribution in [3.63, 3.8) is 0 Å². The standard InChI is InChI=1S/C12H20FN3/c1-8-2-3-10(11(13)4-8)9-6-15-12(5-14)16-7-9/h8-12,15-16H,2-4,6-7H2,1H3. The molecular weight excluding hydrogens is 205 g/mol. The summed E-state index contributed by atoms with van der Waals surface area (Å²) in [6.45, 7) is 3.67. The Kier molecular flexibility index (Phi) is 3.78. The van der Waals surface area contributed by atoms with Crippen molar-refractivity contribution in [2.45, 2.75) is 38.5 Å². The van der Waals surface area contributed by atoms with Crippen LogP contribution in [0.2, 0.25) is 0 Å². The van der Waals surface area contributed by atoms with Crippen molar-refractivity contribution in [2.75, 3.05) is 13.1 Å². The SMILES string of the molecule is CC1CCC(C2CNC(C#N)NC2)C(F)C1. The summed E-state index contributed by atoms with van der Waals surface area (Å²) in [7, 11) is 0. The fourth-order valence-corrected chi connectivity index (χ4v) is 2.94. The lowest BCUT2D eigenvalue weighted by Gasteiger charge is -2.38. The molecule has 2 aliphatic rings. The van der Waals surface area contributed by atoms with Gasteiger partial charge in [0.05, 0.1) is 6.07 Å². The summed E-state index contributed by atoms with van der Waals surface area (Å²) < 4.78 is 13.9. The predicted molar refractivity (Wildman–Crippen MR) is 60.3 cm³/mol. The number of nitriles is 1. The molecule has 1 heterocycles. The molecule has 0 spiro atoms. The molecule has 0 aromatic rings. The second-order valence-corrected chi connectivity index (χ2v) is 5.24. The molecule has 0 aromatic carbocycles. The molecule has 90 valence electrons. The van der Waals surface area contributed by atoms with Crippen molar-refractivity contribution in [3.8, 4) is 6.07 Å². The van der Waals surface area contributed by atoms with Crippen LogP contribution in [0, 0.1) is 29.1 Å². The first-order valence-corrected chi connectivity index (χ1v) is 6.21. The summed E-state index contributed by atoms with van der Waals surface area (Å²) in [6, 6.07) is 2.13. The van der Waals surface area contributed by atoms with Crippen LogP contribution in [0.5, 0.6) is 0 Å². The molecule has 1 saturated carbocycles. The maximum Gasteiger partial charge on any atom is 0.147 e. The van der Waals surface area contributed by atoms with Crippen LogP contribution < -0.4 is 10.6 Å². The summed E-state index contributed by atoms with van der Waals surface area (Å²) in [5.74, 6) is 1.05. The van der Waals surface area contributed by atoms with E-state index in [0.717, 1.165) is 25.9 Å². The van der Waals surface area contributed by atoms with E-state index in [4.69, 9.17) is 5.26 Å². The first-order valence-electron chi connectivity index (χ1n) is 6.21. The van der Waals surface area contributed by atoms with Gasteiger partial charge in [-0.25, -0.2) is 4.39 Å². The van der Waals surface area contributed by atoms with Crippen LogP contribution in [-0.2, 0) is 0 Å². The van der Waals surface area contributed by atoms with Gasteiger partial charge in [-0.1, -0.05) is 13.3 Å². The second-order valence-electron chi connectivity index (χ2n) is 5.24. The van der Waals surface area contributed by atoms with Crippen molar-refractivity contribution in [1.29, 1.82) is 5.26 Å². The first-order chi connectivity index (χ1) is 7.70. The van der Waals surface area contributed by atoms with Gasteiger partial charge < -0.3 is 0 Å². The Labute approximate surface area is 96.4 Å². The van der Waals surface area contributed by atoms with Crippen LogP contribution in [0.15, 0.2) is 0 Å². The molecule has 0 amide bonds. The number of nitrogens with one attached hydrogen (secondary N) is 2. The van der Waals surface area contributed by atoms with Crippen LogP contribution in [-0.4, -0.2) is 25.4 Å². The molecule has 0 aromatic heterocycles. The van der Waals surface area contributed by atoms with Gasteiger partial charge in [0, 0.05) is 13.1 Å². The molecule has 1 aliphatic carbocycles. The Morgan fingerprint density at radius 3 is 2.50 bits per heavy atom. The summed E-state index contributed by atoms with van der Waals surface area (Å²) in [4.78, 5) is 0. The molecule has 1 aliphatic heterocycles. The third-order valence-electron chi connectivity index (χ3n) is 3.99. The minimum absolute atomic E-state index is 0.177. The van der Waals surface area contributed by atoms with Crippen LogP contribution in [0.3, 0.4) is 0 Å². The van der Waals surface area contributed by atoms with Crippen LogP contribution >= 0.6 is 0 Å². The monoisotopic (exact) mass is 225 g/mol. The van der Waals surface area contributed by atoms with E-state index in [-0.39, 0.29) is 12.1 Å². The molecule has 16 heavy (non-hydrogen) atoms. The fraction of sp³-hybridized carbons (Fsp3) is 0.917. The van der Waals surface area contributed by atoms with E-state index in [1.165, 1.54) is 0 Å². The van der Waals surface area contributed by atoms with Gasteiger partial charge in [0.25, 0.3) is 0 Å². The van der Waals surface area contributed by atoms with Gasteiger partial charge in [0.15, 0.2) is 0 Å². The molecule has 2 rings (SSSR count). The normalized spacial score (nSPS) is 44.9. The van der Waals surface area contributed by atoms with E-state index >= 15 is 0 Å². The predicted octanol–water partition coefficient (Wildman–Crippen LogP) is 1.42. The van der Waals surface area contributed by atoms with E-state index in [9.17, 15) is 4.39 Å². The third kappa shape index (κ3) is 2.53. The molecule has 1 saturated heterocycles. The molecule has 4 heteroatoms. The van der Waals surface area contributed by atoms with E-state index in [0.29, 0.717) is 18.3 Å². The molecule has 3 atom stereocenters. The highest BCUT2D eigenvalue weighted by Gasteiger charge is 2.35. The van der Waals surface area contributed by atoms with Crippen molar-refractivity contribution >= 4 is 0 Å². The highest BCUT2D eigenvalue weighted by Crippen LogP contribution is 2.35. The van der Waals surface area contributed by atoms with Gasteiger partial charge in [-0.3, -0.25) is 10.6 Å². The van der Waals surface area contributed by atoms with Crippen molar-refractivity contribution < 1.29 is 4.39 Å². The summed E-state index contributed by atoms with van der Waals surface area (Å²) >= 11 is 0. The highest BCUT2D eigenvalue weighted by atomic mass is 19.1. The largest absolute Gasteiger partial charge is 0.290 e. The Hall–Kier alpha value is -0.660. The number of rotatable bonds is 1. The lowest BCUT2D eigenvalue weighted by atomic mass is 9.74. The molecule has 3 unspecified atom stereocenters. The van der Waals surface area contributed by atoms with Gasteiger partial charge in [-0.05, 0) is 30.6 Å². The lowest BCUT2D eigenvalue weighted by molar-refractivity contribution is 0.0763. The Morgan fingerprint density at radius 1 is 1.25 bits per heavy atom. The molecule has 0 radical (unpaired) electrons. The zero-order chi connectivity index (χ0) is 11.5. The maximum atomic E-state index is 13.9. The minimum atomic E-state index is -0.656. The third-order valence-corrected chi connectivity index (χ3v) is 3.99. The van der Waals surface area contributed by atoms with Crippen LogP contribution in [0.4, 0.5) is 4.39 Å². The Balaban J connectivity index is 1.87. The van der Waals surface area contributed by atoms with Crippen LogP contribution in [0.1, 0.15) is 26.2 Å². The number of hydrogen-bond donors (Lipinski definition) is 2. The maximum absolute atomic E-state index is 13.9. The molecule has 3 nitrogen and oxygen atoms in total. The Bertz CT molecular complexity index is 268. The van der Waals surface area contributed by atoms with E-state index in [1.54, 1.807) is 0 Å². The topological polar surface area (TPSA) is 47.9 Å². The highest BCUT2D eigenvalue weighted by molar-refractivity contribution is 4.95. The summed E-state index contributed by atoms with van der Waals surface area (Å²) in [5, 5.41) is 14.9. The van der Waals surface area contributed by atoms with Gasteiger partial charge in [-0.15, -0.1) is 0 Å². The number of hydrogen-bond acceptors (Lipinski definition) is 3. The zero-order valence-electron chi connectivity index (χ0n) is 9.75. The molecule has 2 N–H and O–H groups in total. The van der Waals surface area contributed by atoms with Crippen molar-refractivity contribution in [2.24, 2.45) is 17.8 Å². The number of nitrogens with zero attached hydrogens (tertiary/aromatic N) is 1. The second kappa shape index (κ2) is 5.11. The van der Waals surface area contributed by atoms with Gasteiger partial charge in [0.2, 0.25) is 0 Å². The van der Waals surface area contributed by atoms with Crippen molar-refractivity contribution in [1.82, 2.24) is 10.6 Å². The van der Waals surface area contributed by atoms with Gasteiger partial charge >= 0.3 is 0 Å². The van der Waals surface area contributed by atoms with Gasteiger partial charge in [-0.2, -0.15) is 5.26 Å².